The van der Waals surface area contributed by atoms with E-state index in [1.807, 2.05) is 0 Å². The van der Waals surface area contributed by atoms with E-state index in [1.54, 1.807) is 0 Å². The van der Waals surface area contributed by atoms with Crippen molar-refractivity contribution in [2.75, 3.05) is 6.54 Å². The summed E-state index contributed by atoms with van der Waals surface area (Å²) < 4.78 is 2.10. The molecule has 0 saturated heterocycles. The van der Waals surface area contributed by atoms with Gasteiger partial charge in [0.2, 0.25) is 0 Å². The van der Waals surface area contributed by atoms with Gasteiger partial charge in [-0.2, -0.15) is 5.10 Å². The molecule has 2 aliphatic carbocycles. The first kappa shape index (κ1) is 15.1. The van der Waals surface area contributed by atoms with Gasteiger partial charge < -0.3 is 5.32 Å². The molecule has 4 unspecified atom stereocenters. The highest BCUT2D eigenvalue weighted by Gasteiger charge is 2.42. The Bertz CT molecular complexity index is 465. The molecule has 4 atom stereocenters. The summed E-state index contributed by atoms with van der Waals surface area (Å²) in [6.07, 6.45) is 9.35. The summed E-state index contributed by atoms with van der Waals surface area (Å²) in [5.74, 6) is 2.92. The lowest BCUT2D eigenvalue weighted by molar-refractivity contribution is 0.244. The molecule has 0 aromatic carbocycles. The highest BCUT2D eigenvalue weighted by atomic mass is 15.3. The SMILES string of the molecule is CCCNC(Cc1cc(CC)nn1C)C1CC2CCC1C2. The first-order chi connectivity index (χ1) is 10.2. The largest absolute Gasteiger partial charge is 0.313 e. The van der Waals surface area contributed by atoms with Crippen molar-refractivity contribution < 1.29 is 0 Å². The van der Waals surface area contributed by atoms with Crippen LogP contribution in [-0.2, 0) is 19.9 Å². The number of hydrogen-bond acceptors (Lipinski definition) is 2. The zero-order chi connectivity index (χ0) is 14.8. The number of fused-ring (bicyclic) bond motifs is 2. The Balaban J connectivity index is 1.71. The normalized spacial score (nSPS) is 29.2. The molecule has 3 nitrogen and oxygen atoms in total. The smallest absolute Gasteiger partial charge is 0.0624 e. The average molecular weight is 289 g/mol. The third-order valence-corrected chi connectivity index (χ3v) is 5.78. The number of aryl methyl sites for hydroxylation is 2. The van der Waals surface area contributed by atoms with Crippen LogP contribution in [0.2, 0.25) is 0 Å². The monoisotopic (exact) mass is 289 g/mol. The summed E-state index contributed by atoms with van der Waals surface area (Å²) in [6.45, 7) is 5.61. The van der Waals surface area contributed by atoms with E-state index < -0.39 is 0 Å². The summed E-state index contributed by atoms with van der Waals surface area (Å²) >= 11 is 0. The molecule has 21 heavy (non-hydrogen) atoms. The topological polar surface area (TPSA) is 29.9 Å². The van der Waals surface area contributed by atoms with Crippen LogP contribution in [0.25, 0.3) is 0 Å². The van der Waals surface area contributed by atoms with Crippen LogP contribution in [-0.4, -0.2) is 22.4 Å². The van der Waals surface area contributed by atoms with Gasteiger partial charge in [-0.1, -0.05) is 20.3 Å². The van der Waals surface area contributed by atoms with E-state index in [2.05, 4.69) is 42.1 Å². The molecular formula is C18H31N3. The van der Waals surface area contributed by atoms with E-state index in [1.165, 1.54) is 43.5 Å². The lowest BCUT2D eigenvalue weighted by Gasteiger charge is -2.31. The molecule has 2 bridgehead atoms. The van der Waals surface area contributed by atoms with Crippen LogP contribution >= 0.6 is 0 Å². The predicted molar refractivity (Wildman–Crippen MR) is 87.3 cm³/mol. The van der Waals surface area contributed by atoms with Crippen LogP contribution in [0.15, 0.2) is 6.07 Å². The Morgan fingerprint density at radius 3 is 2.76 bits per heavy atom. The van der Waals surface area contributed by atoms with E-state index >= 15 is 0 Å². The van der Waals surface area contributed by atoms with Crippen LogP contribution < -0.4 is 5.32 Å². The van der Waals surface area contributed by atoms with E-state index in [0.717, 1.165) is 37.1 Å². The van der Waals surface area contributed by atoms with Gasteiger partial charge >= 0.3 is 0 Å². The minimum Gasteiger partial charge on any atom is -0.313 e. The maximum absolute atomic E-state index is 4.63. The van der Waals surface area contributed by atoms with Crippen LogP contribution in [0.4, 0.5) is 0 Å². The molecule has 0 aliphatic heterocycles. The van der Waals surface area contributed by atoms with Crippen molar-refractivity contribution in [2.45, 2.75) is 64.8 Å². The third-order valence-electron chi connectivity index (χ3n) is 5.78. The Labute approximate surface area is 129 Å². The number of aromatic nitrogens is 2. The van der Waals surface area contributed by atoms with Crippen LogP contribution in [0, 0.1) is 17.8 Å². The molecule has 2 saturated carbocycles. The first-order valence-electron chi connectivity index (χ1n) is 8.96. The summed E-state index contributed by atoms with van der Waals surface area (Å²) in [5, 5.41) is 8.48. The van der Waals surface area contributed by atoms with E-state index in [9.17, 15) is 0 Å². The second kappa shape index (κ2) is 6.51. The molecule has 1 aromatic rings. The predicted octanol–water partition coefficient (Wildman–Crippen LogP) is 3.33. The van der Waals surface area contributed by atoms with Gasteiger partial charge in [-0.05, 0) is 62.5 Å². The molecule has 2 fully saturated rings. The summed E-state index contributed by atoms with van der Waals surface area (Å²) in [6, 6.07) is 2.97. The molecule has 0 spiro atoms. The summed E-state index contributed by atoms with van der Waals surface area (Å²) in [4.78, 5) is 0. The van der Waals surface area contributed by atoms with Crippen molar-refractivity contribution >= 4 is 0 Å². The first-order valence-corrected chi connectivity index (χ1v) is 8.96. The molecule has 3 rings (SSSR count). The molecular weight excluding hydrogens is 258 g/mol. The average Bonchev–Trinajstić information content (AvgIpc) is 3.19. The van der Waals surface area contributed by atoms with Gasteiger partial charge in [-0.25, -0.2) is 0 Å². The zero-order valence-corrected chi connectivity index (χ0v) is 13.9. The van der Waals surface area contributed by atoms with Crippen molar-refractivity contribution in [2.24, 2.45) is 24.8 Å². The lowest BCUT2D eigenvalue weighted by Crippen LogP contribution is -2.41. The van der Waals surface area contributed by atoms with Gasteiger partial charge in [0.05, 0.1) is 5.69 Å². The van der Waals surface area contributed by atoms with Crippen molar-refractivity contribution in [1.29, 1.82) is 0 Å². The Morgan fingerprint density at radius 2 is 2.19 bits per heavy atom. The molecule has 0 radical (unpaired) electrons. The Hall–Kier alpha value is -0.830. The maximum Gasteiger partial charge on any atom is 0.0624 e. The lowest BCUT2D eigenvalue weighted by atomic mass is 9.81. The minimum atomic E-state index is 0.653. The van der Waals surface area contributed by atoms with Crippen LogP contribution in [0.5, 0.6) is 0 Å². The zero-order valence-electron chi connectivity index (χ0n) is 13.9. The van der Waals surface area contributed by atoms with E-state index in [-0.39, 0.29) is 0 Å². The summed E-state index contributed by atoms with van der Waals surface area (Å²) in [5.41, 5.74) is 2.64. The minimum absolute atomic E-state index is 0.653. The van der Waals surface area contributed by atoms with E-state index in [4.69, 9.17) is 0 Å². The number of nitrogens with zero attached hydrogens (tertiary/aromatic N) is 2. The van der Waals surface area contributed by atoms with Gasteiger partial charge in [0.25, 0.3) is 0 Å². The molecule has 3 heteroatoms. The maximum atomic E-state index is 4.63. The Kier molecular flexibility index (Phi) is 4.68. The molecule has 0 amide bonds. The van der Waals surface area contributed by atoms with Gasteiger partial charge in [-0.3, -0.25) is 4.68 Å². The molecule has 1 heterocycles. The highest BCUT2D eigenvalue weighted by Crippen LogP contribution is 2.49. The van der Waals surface area contributed by atoms with Crippen LogP contribution in [0.3, 0.4) is 0 Å². The highest BCUT2D eigenvalue weighted by molar-refractivity contribution is 5.12. The molecule has 118 valence electrons. The second-order valence-corrected chi connectivity index (χ2v) is 7.21. The molecule has 1 N–H and O–H groups in total. The summed E-state index contributed by atoms with van der Waals surface area (Å²) in [7, 11) is 2.10. The van der Waals surface area contributed by atoms with Crippen molar-refractivity contribution in [1.82, 2.24) is 15.1 Å². The van der Waals surface area contributed by atoms with E-state index in [0.29, 0.717) is 6.04 Å². The Morgan fingerprint density at radius 1 is 1.33 bits per heavy atom. The fourth-order valence-corrected chi connectivity index (χ4v) is 4.65. The van der Waals surface area contributed by atoms with Crippen molar-refractivity contribution in [3.63, 3.8) is 0 Å². The van der Waals surface area contributed by atoms with Gasteiger partial charge in [0.15, 0.2) is 0 Å². The number of hydrogen-bond donors (Lipinski definition) is 1. The fourth-order valence-electron chi connectivity index (χ4n) is 4.65. The molecule has 1 aromatic heterocycles. The fraction of sp³-hybridized carbons (Fsp3) is 0.833. The quantitative estimate of drug-likeness (QED) is 0.834. The van der Waals surface area contributed by atoms with Crippen molar-refractivity contribution in [3.8, 4) is 0 Å². The molecule has 2 aliphatic rings. The van der Waals surface area contributed by atoms with Crippen molar-refractivity contribution in [3.05, 3.63) is 17.5 Å². The second-order valence-electron chi connectivity index (χ2n) is 7.21. The van der Waals surface area contributed by atoms with Gasteiger partial charge in [0.1, 0.15) is 0 Å². The number of nitrogens with one attached hydrogen (secondary N) is 1. The standard InChI is InChI=1S/C18H31N3/c1-4-8-19-18(17-10-13-6-7-14(17)9-13)12-16-11-15(5-2)20-21(16)3/h11,13-14,17-19H,4-10,12H2,1-3H3. The van der Waals surface area contributed by atoms with Crippen LogP contribution in [0.1, 0.15) is 57.3 Å². The van der Waals surface area contributed by atoms with Gasteiger partial charge in [0, 0.05) is 25.2 Å². The third kappa shape index (κ3) is 3.18. The van der Waals surface area contributed by atoms with Gasteiger partial charge in [-0.15, -0.1) is 0 Å². The number of rotatable bonds is 7.